The number of halogens is 1. The number of benzene rings is 1. The van der Waals surface area contributed by atoms with Crippen LogP contribution in [0.15, 0.2) is 30.7 Å². The summed E-state index contributed by atoms with van der Waals surface area (Å²) >= 11 is 0. The summed E-state index contributed by atoms with van der Waals surface area (Å²) in [6, 6.07) is 4.34. The minimum absolute atomic E-state index is 0.0241. The Hall–Kier alpha value is -2.82. The fraction of sp³-hybridized carbons (Fsp3) is 0.645. The number of nitrogens with two attached hydrogens (primary N) is 1. The second kappa shape index (κ2) is 12.2. The number of hydrogen-bond acceptors (Lipinski definition) is 8. The third-order valence-corrected chi connectivity index (χ3v) is 9.43. The first-order chi connectivity index (χ1) is 19.7. The van der Waals surface area contributed by atoms with Crippen molar-refractivity contribution in [3.63, 3.8) is 0 Å². The molecule has 41 heavy (non-hydrogen) atoms. The highest BCUT2D eigenvalue weighted by molar-refractivity contribution is 5.97. The predicted octanol–water partition coefficient (Wildman–Crippen LogP) is 4.47. The number of hydrogen-bond donors (Lipinski definition) is 1. The average molecular weight is 569 g/mol. The van der Waals surface area contributed by atoms with E-state index in [1.807, 2.05) is 27.9 Å². The van der Waals surface area contributed by atoms with Crippen molar-refractivity contribution in [2.24, 2.45) is 11.1 Å². The van der Waals surface area contributed by atoms with Gasteiger partial charge in [-0.1, -0.05) is 0 Å². The molecule has 1 aliphatic carbocycles. The molecule has 1 spiro atoms. The van der Waals surface area contributed by atoms with Crippen LogP contribution in [0.5, 0.6) is 11.5 Å². The number of nitrogens with zero attached hydrogens (tertiary/aromatic N) is 5. The van der Waals surface area contributed by atoms with Gasteiger partial charge in [0.15, 0.2) is 11.6 Å². The van der Waals surface area contributed by atoms with E-state index in [2.05, 4.69) is 19.8 Å². The highest BCUT2D eigenvalue weighted by Crippen LogP contribution is 2.45. The Labute approximate surface area is 243 Å². The third-order valence-electron chi connectivity index (χ3n) is 9.43. The van der Waals surface area contributed by atoms with Gasteiger partial charge in [-0.2, -0.15) is 0 Å². The molecule has 9 nitrogen and oxygen atoms in total. The first-order valence-corrected chi connectivity index (χ1v) is 15.0. The van der Waals surface area contributed by atoms with Crippen LogP contribution >= 0.6 is 0 Å². The molecule has 1 aromatic heterocycles. The summed E-state index contributed by atoms with van der Waals surface area (Å²) < 4.78 is 26.5. The van der Waals surface area contributed by atoms with Crippen LogP contribution in [0.2, 0.25) is 0 Å². The highest BCUT2D eigenvalue weighted by atomic mass is 19.1. The molecule has 2 aliphatic heterocycles. The molecule has 1 saturated carbocycles. The van der Waals surface area contributed by atoms with E-state index >= 15 is 0 Å². The molecular formula is C31H45FN6O3. The molecule has 1 amide bonds. The zero-order valence-corrected chi connectivity index (χ0v) is 24.9. The summed E-state index contributed by atoms with van der Waals surface area (Å²) in [6.45, 7) is 11.2. The Bertz CT molecular complexity index is 1200. The van der Waals surface area contributed by atoms with Crippen molar-refractivity contribution in [3.05, 3.63) is 42.1 Å². The minimum Gasteiger partial charge on any atom is -0.451 e. The lowest BCUT2D eigenvalue weighted by Gasteiger charge is -2.55. The van der Waals surface area contributed by atoms with Crippen molar-refractivity contribution in [1.29, 1.82) is 0 Å². The molecule has 2 aromatic rings. The predicted molar refractivity (Wildman–Crippen MR) is 157 cm³/mol. The van der Waals surface area contributed by atoms with Gasteiger partial charge >= 0.3 is 0 Å². The fourth-order valence-corrected chi connectivity index (χ4v) is 6.81. The van der Waals surface area contributed by atoms with Crippen LogP contribution in [0.4, 0.5) is 10.2 Å². The second-order valence-electron chi connectivity index (χ2n) is 12.5. The van der Waals surface area contributed by atoms with E-state index in [1.54, 1.807) is 11.1 Å². The van der Waals surface area contributed by atoms with Crippen LogP contribution in [0.25, 0.3) is 0 Å². The number of piperidine rings is 1. The summed E-state index contributed by atoms with van der Waals surface area (Å²) in [6.07, 6.45) is 9.53. The van der Waals surface area contributed by atoms with Crippen LogP contribution in [-0.2, 0) is 4.74 Å². The zero-order chi connectivity index (χ0) is 29.2. The zero-order valence-electron chi connectivity index (χ0n) is 24.9. The molecule has 0 radical (unpaired) electrons. The molecular weight excluding hydrogens is 523 g/mol. The van der Waals surface area contributed by atoms with E-state index in [9.17, 15) is 9.18 Å². The van der Waals surface area contributed by atoms with Gasteiger partial charge < -0.3 is 29.9 Å². The lowest BCUT2D eigenvalue weighted by molar-refractivity contribution is -0.0740. The van der Waals surface area contributed by atoms with Crippen molar-refractivity contribution in [2.45, 2.75) is 77.0 Å². The van der Waals surface area contributed by atoms with Crippen molar-refractivity contribution >= 4 is 11.7 Å². The third kappa shape index (κ3) is 6.34. The second-order valence-corrected chi connectivity index (χ2v) is 12.5. The van der Waals surface area contributed by atoms with Crippen LogP contribution in [0.1, 0.15) is 69.7 Å². The van der Waals surface area contributed by atoms with Gasteiger partial charge in [-0.05, 0) is 90.6 Å². The molecule has 5 rings (SSSR count). The number of carbonyl (C=O) groups is 1. The number of likely N-dealkylation sites (tertiary alicyclic amines) is 1. The summed E-state index contributed by atoms with van der Waals surface area (Å²) in [4.78, 5) is 28.5. The summed E-state index contributed by atoms with van der Waals surface area (Å²) in [7, 11) is 1.85. The lowest BCUT2D eigenvalue weighted by Crippen LogP contribution is -2.62. The van der Waals surface area contributed by atoms with Gasteiger partial charge in [0, 0.05) is 50.8 Å². The standard InChI is InChI=1S/C31H45FN6O3/c1-5-38(22(2)3)29(39)25-16-23(32)6-7-26(25)41-27-17-34-21-35-28(27)37-18-30(19-37)12-14-36(15-13-30)20-31(40-4)10-8-24(33)9-11-31/h6-7,16-17,21-22,24H,5,8-15,18-20,33H2,1-4H3. The van der Waals surface area contributed by atoms with Crippen LogP contribution < -0.4 is 15.4 Å². The fourth-order valence-electron chi connectivity index (χ4n) is 6.81. The molecule has 3 aliphatic rings. The molecule has 3 heterocycles. The van der Waals surface area contributed by atoms with Crippen molar-refractivity contribution in [3.8, 4) is 11.5 Å². The number of carbonyl (C=O) groups excluding carboxylic acids is 1. The molecule has 10 heteroatoms. The van der Waals surface area contributed by atoms with Crippen molar-refractivity contribution < 1.29 is 18.7 Å². The molecule has 224 valence electrons. The Kier molecular flexibility index (Phi) is 8.82. The molecule has 2 N–H and O–H groups in total. The van der Waals surface area contributed by atoms with Gasteiger partial charge in [0.25, 0.3) is 5.91 Å². The minimum atomic E-state index is -0.482. The molecule has 0 atom stereocenters. The average Bonchev–Trinajstić information content (AvgIpc) is 2.95. The summed E-state index contributed by atoms with van der Waals surface area (Å²) in [5.41, 5.74) is 6.53. The maximum atomic E-state index is 14.2. The molecule has 0 unspecified atom stereocenters. The Morgan fingerprint density at radius 3 is 2.51 bits per heavy atom. The van der Waals surface area contributed by atoms with Gasteiger partial charge in [-0.25, -0.2) is 14.4 Å². The lowest BCUT2D eigenvalue weighted by atomic mass is 9.71. The van der Waals surface area contributed by atoms with Crippen LogP contribution in [-0.4, -0.2) is 89.7 Å². The topological polar surface area (TPSA) is 97.1 Å². The monoisotopic (exact) mass is 568 g/mol. The smallest absolute Gasteiger partial charge is 0.257 e. The van der Waals surface area contributed by atoms with E-state index < -0.39 is 5.82 Å². The number of rotatable bonds is 9. The number of aromatic nitrogens is 2. The van der Waals surface area contributed by atoms with Crippen LogP contribution in [0.3, 0.4) is 0 Å². The molecule has 3 fully saturated rings. The SMILES string of the molecule is CCN(C(=O)c1cc(F)ccc1Oc1cncnc1N1CC2(CCN(CC3(OC)CCC(N)CC3)CC2)C1)C(C)C. The maximum Gasteiger partial charge on any atom is 0.257 e. The highest BCUT2D eigenvalue weighted by Gasteiger charge is 2.47. The Balaban J connectivity index is 1.23. The Morgan fingerprint density at radius 1 is 1.17 bits per heavy atom. The molecule has 0 bridgehead atoms. The van der Waals surface area contributed by atoms with Gasteiger partial charge in [0.1, 0.15) is 17.9 Å². The Morgan fingerprint density at radius 2 is 1.88 bits per heavy atom. The van der Waals surface area contributed by atoms with E-state index in [-0.39, 0.29) is 28.5 Å². The van der Waals surface area contributed by atoms with Gasteiger partial charge in [0.2, 0.25) is 0 Å². The number of anilines is 1. The van der Waals surface area contributed by atoms with E-state index in [0.29, 0.717) is 29.9 Å². The van der Waals surface area contributed by atoms with E-state index in [4.69, 9.17) is 15.2 Å². The normalized spacial score (nSPS) is 24.4. The number of methoxy groups -OCH3 is 1. The van der Waals surface area contributed by atoms with Gasteiger partial charge in [0.05, 0.1) is 17.4 Å². The van der Waals surface area contributed by atoms with Crippen molar-refractivity contribution in [2.75, 3.05) is 51.3 Å². The first-order valence-electron chi connectivity index (χ1n) is 15.0. The largest absolute Gasteiger partial charge is 0.451 e. The van der Waals surface area contributed by atoms with Gasteiger partial charge in [-0.3, -0.25) is 4.79 Å². The summed E-state index contributed by atoms with van der Waals surface area (Å²) in [5, 5.41) is 0. The van der Waals surface area contributed by atoms with E-state index in [1.165, 1.54) is 24.5 Å². The maximum absolute atomic E-state index is 14.2. The molecule has 2 saturated heterocycles. The summed E-state index contributed by atoms with van der Waals surface area (Å²) in [5.74, 6) is 0.709. The number of ether oxygens (including phenoxy) is 2. The first kappa shape index (κ1) is 29.7. The van der Waals surface area contributed by atoms with E-state index in [0.717, 1.165) is 71.2 Å². The van der Waals surface area contributed by atoms with Crippen molar-refractivity contribution in [1.82, 2.24) is 19.8 Å². The van der Waals surface area contributed by atoms with Crippen LogP contribution in [0, 0.1) is 11.2 Å². The van der Waals surface area contributed by atoms with Gasteiger partial charge in [-0.15, -0.1) is 0 Å². The molecule has 1 aromatic carbocycles. The quantitative estimate of drug-likeness (QED) is 0.474. The number of amides is 1.